The van der Waals surface area contributed by atoms with E-state index in [1.165, 1.54) is 19.3 Å². The summed E-state index contributed by atoms with van der Waals surface area (Å²) in [5.41, 5.74) is 1.83. The molecule has 1 aliphatic rings. The van der Waals surface area contributed by atoms with Gasteiger partial charge < -0.3 is 10.1 Å². The van der Waals surface area contributed by atoms with Gasteiger partial charge in [-0.1, -0.05) is 18.0 Å². The van der Waals surface area contributed by atoms with Crippen molar-refractivity contribution in [3.63, 3.8) is 0 Å². The van der Waals surface area contributed by atoms with Crippen molar-refractivity contribution in [2.45, 2.75) is 45.3 Å². The van der Waals surface area contributed by atoms with Gasteiger partial charge in [0.25, 0.3) is 0 Å². The molecule has 1 saturated heterocycles. The summed E-state index contributed by atoms with van der Waals surface area (Å²) in [7, 11) is 1.90. The predicted octanol–water partition coefficient (Wildman–Crippen LogP) is 2.43. The molecule has 1 aromatic heterocycles. The Morgan fingerprint density at radius 2 is 2.33 bits per heavy atom. The summed E-state index contributed by atoms with van der Waals surface area (Å²) in [4.78, 5) is 0. The fourth-order valence-corrected chi connectivity index (χ4v) is 2.62. The van der Waals surface area contributed by atoms with E-state index in [-0.39, 0.29) is 0 Å². The van der Waals surface area contributed by atoms with Gasteiger partial charge in [0.05, 0.1) is 23.0 Å². The van der Waals surface area contributed by atoms with Crippen molar-refractivity contribution in [3.05, 3.63) is 16.4 Å². The van der Waals surface area contributed by atoms with Gasteiger partial charge in [-0.25, -0.2) is 0 Å². The van der Waals surface area contributed by atoms with Crippen LogP contribution in [0.15, 0.2) is 0 Å². The molecule has 4 nitrogen and oxygen atoms in total. The van der Waals surface area contributed by atoms with E-state index in [9.17, 15) is 0 Å². The Hall–Kier alpha value is -0.580. The van der Waals surface area contributed by atoms with Crippen molar-refractivity contribution in [1.82, 2.24) is 15.1 Å². The molecule has 18 heavy (non-hydrogen) atoms. The van der Waals surface area contributed by atoms with Gasteiger partial charge in [0.1, 0.15) is 0 Å². The van der Waals surface area contributed by atoms with Crippen LogP contribution in [0.5, 0.6) is 0 Å². The Morgan fingerprint density at radius 3 is 2.94 bits per heavy atom. The van der Waals surface area contributed by atoms with Gasteiger partial charge in [-0.2, -0.15) is 5.10 Å². The first-order valence-electron chi connectivity index (χ1n) is 6.67. The third kappa shape index (κ3) is 3.46. The summed E-state index contributed by atoms with van der Waals surface area (Å²) in [5, 5.41) is 8.52. The zero-order chi connectivity index (χ0) is 13.0. The standard InChI is InChI=1S/C13H22ClN3O/c1-10-13(14)12(17(2)16-10)9-18-8-6-11-5-3-4-7-15-11/h11,15H,3-9H2,1-2H3. The number of ether oxygens (including phenoxy) is 1. The SMILES string of the molecule is Cc1nn(C)c(COCCC2CCCCN2)c1Cl. The highest BCUT2D eigenvalue weighted by Crippen LogP contribution is 2.20. The summed E-state index contributed by atoms with van der Waals surface area (Å²) in [6.07, 6.45) is 5.00. The minimum absolute atomic E-state index is 0.545. The van der Waals surface area contributed by atoms with Crippen LogP contribution in [0.4, 0.5) is 0 Å². The Morgan fingerprint density at radius 1 is 1.50 bits per heavy atom. The number of hydrogen-bond donors (Lipinski definition) is 1. The molecule has 0 aliphatic carbocycles. The fraction of sp³-hybridized carbons (Fsp3) is 0.769. The second-order valence-corrected chi connectivity index (χ2v) is 5.34. The molecule has 1 fully saturated rings. The maximum absolute atomic E-state index is 6.17. The Balaban J connectivity index is 1.71. The number of piperidine rings is 1. The van der Waals surface area contributed by atoms with Crippen LogP contribution in [0, 0.1) is 6.92 Å². The van der Waals surface area contributed by atoms with E-state index in [0.29, 0.717) is 12.6 Å². The predicted molar refractivity (Wildman–Crippen MR) is 72.9 cm³/mol. The van der Waals surface area contributed by atoms with Crippen LogP contribution in [0.25, 0.3) is 0 Å². The highest BCUT2D eigenvalue weighted by atomic mass is 35.5. The van der Waals surface area contributed by atoms with Gasteiger partial charge in [-0.3, -0.25) is 4.68 Å². The van der Waals surface area contributed by atoms with Crippen molar-refractivity contribution < 1.29 is 4.74 Å². The van der Waals surface area contributed by atoms with Crippen LogP contribution >= 0.6 is 11.6 Å². The molecule has 1 aliphatic heterocycles. The van der Waals surface area contributed by atoms with Crippen LogP contribution in [0.1, 0.15) is 37.1 Å². The Kier molecular flexibility index (Phi) is 5.03. The number of nitrogens with zero attached hydrogens (tertiary/aromatic N) is 2. The molecule has 2 rings (SSSR count). The number of aryl methyl sites for hydroxylation is 2. The summed E-state index contributed by atoms with van der Waals surface area (Å²) in [5.74, 6) is 0. The molecular weight excluding hydrogens is 250 g/mol. The first-order valence-corrected chi connectivity index (χ1v) is 7.05. The van der Waals surface area contributed by atoms with Crippen LogP contribution in [0.3, 0.4) is 0 Å². The highest BCUT2D eigenvalue weighted by molar-refractivity contribution is 6.31. The molecule has 0 amide bonds. The van der Waals surface area contributed by atoms with Crippen molar-refractivity contribution in [1.29, 1.82) is 0 Å². The van der Waals surface area contributed by atoms with Gasteiger partial charge in [0.2, 0.25) is 0 Å². The minimum Gasteiger partial charge on any atom is -0.375 e. The third-order valence-corrected chi connectivity index (χ3v) is 4.02. The monoisotopic (exact) mass is 271 g/mol. The maximum atomic E-state index is 6.17. The molecule has 0 spiro atoms. The fourth-order valence-electron chi connectivity index (χ4n) is 2.40. The largest absolute Gasteiger partial charge is 0.375 e. The molecule has 0 bridgehead atoms. The normalized spacial score (nSPS) is 20.3. The van der Waals surface area contributed by atoms with E-state index < -0.39 is 0 Å². The van der Waals surface area contributed by atoms with Gasteiger partial charge in [0.15, 0.2) is 0 Å². The van der Waals surface area contributed by atoms with Crippen LogP contribution in [0.2, 0.25) is 5.02 Å². The zero-order valence-electron chi connectivity index (χ0n) is 11.2. The first kappa shape index (κ1) is 13.8. The smallest absolute Gasteiger partial charge is 0.0899 e. The molecule has 102 valence electrons. The number of hydrogen-bond acceptors (Lipinski definition) is 3. The second kappa shape index (κ2) is 6.55. The van der Waals surface area contributed by atoms with Crippen molar-refractivity contribution in [2.75, 3.05) is 13.2 Å². The topological polar surface area (TPSA) is 39.1 Å². The van der Waals surface area contributed by atoms with E-state index in [2.05, 4.69) is 10.4 Å². The molecule has 1 unspecified atom stereocenters. The number of aromatic nitrogens is 2. The molecule has 0 saturated carbocycles. The van der Waals surface area contributed by atoms with E-state index in [0.717, 1.165) is 36.0 Å². The summed E-state index contributed by atoms with van der Waals surface area (Å²) < 4.78 is 7.51. The van der Waals surface area contributed by atoms with Gasteiger partial charge in [-0.15, -0.1) is 0 Å². The molecule has 5 heteroatoms. The van der Waals surface area contributed by atoms with Gasteiger partial charge >= 0.3 is 0 Å². The average Bonchev–Trinajstić information content (AvgIpc) is 2.61. The molecule has 0 radical (unpaired) electrons. The Bertz CT molecular complexity index is 386. The molecule has 0 aromatic carbocycles. The van der Waals surface area contributed by atoms with Gasteiger partial charge in [-0.05, 0) is 32.7 Å². The number of rotatable bonds is 5. The molecule has 2 heterocycles. The van der Waals surface area contributed by atoms with E-state index in [4.69, 9.17) is 16.3 Å². The van der Waals surface area contributed by atoms with Crippen LogP contribution < -0.4 is 5.32 Å². The average molecular weight is 272 g/mol. The third-order valence-electron chi connectivity index (χ3n) is 3.52. The van der Waals surface area contributed by atoms with Gasteiger partial charge in [0, 0.05) is 19.7 Å². The zero-order valence-corrected chi connectivity index (χ0v) is 12.0. The lowest BCUT2D eigenvalue weighted by atomic mass is 10.0. The molecule has 1 N–H and O–H groups in total. The van der Waals surface area contributed by atoms with Crippen LogP contribution in [-0.2, 0) is 18.4 Å². The lowest BCUT2D eigenvalue weighted by molar-refractivity contribution is 0.104. The number of halogens is 1. The second-order valence-electron chi connectivity index (χ2n) is 4.96. The van der Waals surface area contributed by atoms with E-state index >= 15 is 0 Å². The molecule has 1 aromatic rings. The molecule has 1 atom stereocenters. The lowest BCUT2D eigenvalue weighted by Gasteiger charge is -2.23. The summed E-state index contributed by atoms with van der Waals surface area (Å²) in [6.45, 7) is 4.39. The van der Waals surface area contributed by atoms with Crippen LogP contribution in [-0.4, -0.2) is 29.0 Å². The minimum atomic E-state index is 0.545. The Labute approximate surface area is 114 Å². The van der Waals surface area contributed by atoms with E-state index in [1.54, 1.807) is 4.68 Å². The van der Waals surface area contributed by atoms with Crippen molar-refractivity contribution >= 4 is 11.6 Å². The summed E-state index contributed by atoms with van der Waals surface area (Å²) >= 11 is 6.17. The molecular formula is C13H22ClN3O. The quantitative estimate of drug-likeness (QED) is 0.836. The van der Waals surface area contributed by atoms with E-state index in [1.807, 2.05) is 14.0 Å². The highest BCUT2D eigenvalue weighted by Gasteiger charge is 2.13. The lowest BCUT2D eigenvalue weighted by Crippen LogP contribution is -2.34. The summed E-state index contributed by atoms with van der Waals surface area (Å²) in [6, 6.07) is 0.627. The van der Waals surface area contributed by atoms with Crippen molar-refractivity contribution in [3.8, 4) is 0 Å². The first-order chi connectivity index (χ1) is 8.68. The van der Waals surface area contributed by atoms with Crippen molar-refractivity contribution in [2.24, 2.45) is 7.05 Å². The maximum Gasteiger partial charge on any atom is 0.0899 e. The number of nitrogens with one attached hydrogen (secondary N) is 1.